The molecule has 0 spiro atoms. The van der Waals surface area contributed by atoms with Crippen molar-refractivity contribution in [1.82, 2.24) is 5.32 Å². The number of aryl methyl sites for hydroxylation is 1. The third kappa shape index (κ3) is 3.25. The van der Waals surface area contributed by atoms with Crippen molar-refractivity contribution in [3.63, 3.8) is 0 Å². The summed E-state index contributed by atoms with van der Waals surface area (Å²) in [5.41, 5.74) is 3.11. The summed E-state index contributed by atoms with van der Waals surface area (Å²) in [5.74, 6) is 0. The maximum atomic E-state index is 12.0. The number of anilines is 1. The standard InChI is InChI=1S/C18H19ClN2O/c1-13-7-8-15(11-16(13)19)21-17(22)20-12-18(9-10-18)14-5-3-2-4-6-14/h2-8,11H,9-10,12H2,1H3,(H2,20,21,22). The summed E-state index contributed by atoms with van der Waals surface area (Å²) in [7, 11) is 0. The van der Waals surface area contributed by atoms with Gasteiger partial charge in [0.25, 0.3) is 0 Å². The molecule has 22 heavy (non-hydrogen) atoms. The lowest BCUT2D eigenvalue weighted by atomic mass is 9.96. The number of hydrogen-bond acceptors (Lipinski definition) is 1. The number of nitrogens with one attached hydrogen (secondary N) is 2. The van der Waals surface area contributed by atoms with Crippen LogP contribution in [0.15, 0.2) is 48.5 Å². The highest BCUT2D eigenvalue weighted by atomic mass is 35.5. The molecule has 3 nitrogen and oxygen atoms in total. The first-order valence-electron chi connectivity index (χ1n) is 7.46. The maximum Gasteiger partial charge on any atom is 0.319 e. The number of carbonyl (C=O) groups excluding carboxylic acids is 1. The van der Waals surface area contributed by atoms with Crippen molar-refractivity contribution >= 4 is 23.3 Å². The van der Waals surface area contributed by atoms with Crippen LogP contribution in [0.4, 0.5) is 10.5 Å². The molecule has 2 N–H and O–H groups in total. The van der Waals surface area contributed by atoms with E-state index >= 15 is 0 Å². The van der Waals surface area contributed by atoms with Crippen LogP contribution in [0.1, 0.15) is 24.0 Å². The molecule has 2 amide bonds. The second-order valence-corrected chi connectivity index (χ2v) is 6.33. The van der Waals surface area contributed by atoms with Crippen LogP contribution in [-0.4, -0.2) is 12.6 Å². The Morgan fingerprint density at radius 2 is 1.91 bits per heavy atom. The quantitative estimate of drug-likeness (QED) is 0.857. The Kier molecular flexibility index (Phi) is 4.08. The molecule has 1 saturated carbocycles. The second-order valence-electron chi connectivity index (χ2n) is 5.92. The van der Waals surface area contributed by atoms with Crippen molar-refractivity contribution in [3.8, 4) is 0 Å². The summed E-state index contributed by atoms with van der Waals surface area (Å²) in [6.45, 7) is 2.59. The number of urea groups is 1. The van der Waals surface area contributed by atoms with Gasteiger partial charge in [0.15, 0.2) is 0 Å². The van der Waals surface area contributed by atoms with Gasteiger partial charge in [0, 0.05) is 22.7 Å². The van der Waals surface area contributed by atoms with Crippen molar-refractivity contribution in [2.45, 2.75) is 25.2 Å². The Hall–Kier alpha value is -2.00. The molecule has 2 aromatic carbocycles. The number of benzene rings is 2. The van der Waals surface area contributed by atoms with Crippen LogP contribution >= 0.6 is 11.6 Å². The van der Waals surface area contributed by atoms with E-state index in [0.717, 1.165) is 18.4 Å². The number of rotatable bonds is 4. The van der Waals surface area contributed by atoms with E-state index in [2.05, 4.69) is 22.8 Å². The molecule has 0 unspecified atom stereocenters. The lowest BCUT2D eigenvalue weighted by Crippen LogP contribution is -2.35. The van der Waals surface area contributed by atoms with Crippen molar-refractivity contribution in [1.29, 1.82) is 0 Å². The second kappa shape index (κ2) is 6.01. The molecule has 114 valence electrons. The van der Waals surface area contributed by atoms with Crippen molar-refractivity contribution < 1.29 is 4.79 Å². The van der Waals surface area contributed by atoms with Gasteiger partial charge in [0.05, 0.1) is 0 Å². The van der Waals surface area contributed by atoms with Gasteiger partial charge in [0.2, 0.25) is 0 Å². The van der Waals surface area contributed by atoms with Crippen molar-refractivity contribution in [2.24, 2.45) is 0 Å². The Morgan fingerprint density at radius 1 is 1.18 bits per heavy atom. The highest BCUT2D eigenvalue weighted by Gasteiger charge is 2.44. The SMILES string of the molecule is Cc1ccc(NC(=O)NCC2(c3ccccc3)CC2)cc1Cl. The average Bonchev–Trinajstić information content (AvgIpc) is 3.31. The van der Waals surface area contributed by atoms with Crippen molar-refractivity contribution in [2.75, 3.05) is 11.9 Å². The summed E-state index contributed by atoms with van der Waals surface area (Å²) < 4.78 is 0. The van der Waals surface area contributed by atoms with Gasteiger partial charge in [-0.1, -0.05) is 48.0 Å². The summed E-state index contributed by atoms with van der Waals surface area (Å²) in [4.78, 5) is 12.0. The van der Waals surface area contributed by atoms with Gasteiger partial charge in [-0.15, -0.1) is 0 Å². The number of amides is 2. The van der Waals surface area contributed by atoms with Gasteiger partial charge in [0.1, 0.15) is 0 Å². The fraction of sp³-hybridized carbons (Fsp3) is 0.278. The zero-order valence-corrected chi connectivity index (χ0v) is 13.3. The summed E-state index contributed by atoms with van der Waals surface area (Å²) in [5, 5.41) is 6.45. The molecule has 0 saturated heterocycles. The Bertz CT molecular complexity index is 681. The zero-order valence-electron chi connectivity index (χ0n) is 12.5. The lowest BCUT2D eigenvalue weighted by molar-refractivity contribution is 0.251. The predicted molar refractivity (Wildman–Crippen MR) is 90.6 cm³/mol. The Balaban J connectivity index is 1.58. The van der Waals surface area contributed by atoms with Gasteiger partial charge < -0.3 is 10.6 Å². The van der Waals surface area contributed by atoms with Gasteiger partial charge in [-0.05, 0) is 43.0 Å². The molecular weight excluding hydrogens is 296 g/mol. The average molecular weight is 315 g/mol. The highest BCUT2D eigenvalue weighted by Crippen LogP contribution is 2.47. The van der Waals surface area contributed by atoms with Gasteiger partial charge in [-0.3, -0.25) is 0 Å². The van der Waals surface area contributed by atoms with Crippen molar-refractivity contribution in [3.05, 3.63) is 64.7 Å². The number of hydrogen-bond donors (Lipinski definition) is 2. The molecule has 4 heteroatoms. The molecule has 0 aliphatic heterocycles. The fourth-order valence-corrected chi connectivity index (χ4v) is 2.79. The molecule has 0 heterocycles. The van der Waals surface area contributed by atoms with Gasteiger partial charge in [-0.25, -0.2) is 4.79 Å². The maximum absolute atomic E-state index is 12.0. The normalized spacial score (nSPS) is 15.2. The fourth-order valence-electron chi connectivity index (χ4n) is 2.61. The Morgan fingerprint density at radius 3 is 2.55 bits per heavy atom. The van der Waals surface area contributed by atoms with E-state index < -0.39 is 0 Å². The molecule has 0 aromatic heterocycles. The molecule has 0 radical (unpaired) electrons. The summed E-state index contributed by atoms with van der Waals surface area (Å²) in [6.07, 6.45) is 2.24. The zero-order chi connectivity index (χ0) is 15.6. The predicted octanol–water partition coefficient (Wildman–Crippen LogP) is 4.50. The minimum atomic E-state index is -0.192. The third-order valence-electron chi connectivity index (χ3n) is 4.26. The largest absolute Gasteiger partial charge is 0.337 e. The molecule has 0 atom stereocenters. The van der Waals surface area contributed by atoms with Crippen LogP contribution in [0.2, 0.25) is 5.02 Å². The smallest absolute Gasteiger partial charge is 0.319 e. The first kappa shape index (κ1) is 14.9. The van der Waals surface area contributed by atoms with E-state index in [0.29, 0.717) is 17.3 Å². The minimum absolute atomic E-state index is 0.115. The number of halogens is 1. The lowest BCUT2D eigenvalue weighted by Gasteiger charge is -2.17. The van der Waals surface area contributed by atoms with Crippen LogP contribution in [-0.2, 0) is 5.41 Å². The monoisotopic (exact) mass is 314 g/mol. The molecule has 3 rings (SSSR count). The van der Waals surface area contributed by atoms with E-state index in [1.165, 1.54) is 5.56 Å². The summed E-state index contributed by atoms with van der Waals surface area (Å²) in [6, 6.07) is 15.7. The Labute approximate surface area is 135 Å². The highest BCUT2D eigenvalue weighted by molar-refractivity contribution is 6.31. The van der Waals surface area contributed by atoms with E-state index in [4.69, 9.17) is 11.6 Å². The van der Waals surface area contributed by atoms with Crippen LogP contribution in [0.3, 0.4) is 0 Å². The molecule has 1 fully saturated rings. The van der Waals surface area contributed by atoms with Gasteiger partial charge in [-0.2, -0.15) is 0 Å². The van der Waals surface area contributed by atoms with Crippen LogP contribution in [0.25, 0.3) is 0 Å². The third-order valence-corrected chi connectivity index (χ3v) is 4.66. The molecule has 1 aliphatic carbocycles. The van der Waals surface area contributed by atoms with E-state index in [-0.39, 0.29) is 11.4 Å². The number of carbonyl (C=O) groups is 1. The minimum Gasteiger partial charge on any atom is -0.337 e. The van der Waals surface area contributed by atoms with E-state index in [1.54, 1.807) is 6.07 Å². The first-order valence-corrected chi connectivity index (χ1v) is 7.83. The molecule has 1 aliphatic rings. The van der Waals surface area contributed by atoms with E-state index in [1.807, 2.05) is 37.3 Å². The van der Waals surface area contributed by atoms with E-state index in [9.17, 15) is 4.79 Å². The molecule has 2 aromatic rings. The van der Waals surface area contributed by atoms with Gasteiger partial charge >= 0.3 is 6.03 Å². The topological polar surface area (TPSA) is 41.1 Å². The van der Waals surface area contributed by atoms with Crippen LogP contribution in [0.5, 0.6) is 0 Å². The van der Waals surface area contributed by atoms with Crippen LogP contribution in [0, 0.1) is 6.92 Å². The summed E-state index contributed by atoms with van der Waals surface area (Å²) >= 11 is 6.07. The molecular formula is C18H19ClN2O. The molecule has 0 bridgehead atoms. The first-order chi connectivity index (χ1) is 10.6. The van der Waals surface area contributed by atoms with Crippen LogP contribution < -0.4 is 10.6 Å².